The first-order valence-corrected chi connectivity index (χ1v) is 8.81. The van der Waals surface area contributed by atoms with Crippen LogP contribution in [0.25, 0.3) is 0 Å². The SMILES string of the molecule is CCCNCc1ccnc(N2CCC[C@H]3CCCC[C@H]32)c1. The van der Waals surface area contributed by atoms with Gasteiger partial charge in [0.05, 0.1) is 0 Å². The number of rotatable bonds is 5. The molecule has 3 nitrogen and oxygen atoms in total. The topological polar surface area (TPSA) is 28.2 Å². The zero-order valence-corrected chi connectivity index (χ0v) is 13.4. The number of piperidine rings is 1. The zero-order chi connectivity index (χ0) is 14.5. The monoisotopic (exact) mass is 287 g/mol. The number of pyridine rings is 1. The van der Waals surface area contributed by atoms with E-state index in [-0.39, 0.29) is 0 Å². The van der Waals surface area contributed by atoms with Crippen molar-refractivity contribution in [2.45, 2.75) is 64.5 Å². The molecule has 3 heteroatoms. The van der Waals surface area contributed by atoms with Crippen LogP contribution in [0, 0.1) is 5.92 Å². The number of fused-ring (bicyclic) bond motifs is 1. The van der Waals surface area contributed by atoms with E-state index in [4.69, 9.17) is 0 Å². The Morgan fingerprint density at radius 2 is 2.10 bits per heavy atom. The van der Waals surface area contributed by atoms with Gasteiger partial charge in [-0.25, -0.2) is 4.98 Å². The molecule has 116 valence electrons. The Balaban J connectivity index is 1.71. The number of hydrogen-bond donors (Lipinski definition) is 1. The largest absolute Gasteiger partial charge is 0.353 e. The van der Waals surface area contributed by atoms with E-state index in [1.807, 2.05) is 6.20 Å². The highest BCUT2D eigenvalue weighted by Gasteiger charge is 2.33. The van der Waals surface area contributed by atoms with Crippen LogP contribution in [0.15, 0.2) is 18.3 Å². The molecule has 1 aromatic rings. The molecule has 1 saturated carbocycles. The molecule has 1 aliphatic heterocycles. The van der Waals surface area contributed by atoms with Crippen molar-refractivity contribution in [1.82, 2.24) is 10.3 Å². The molecule has 0 spiro atoms. The van der Waals surface area contributed by atoms with Gasteiger partial charge in [0.1, 0.15) is 5.82 Å². The van der Waals surface area contributed by atoms with Crippen molar-refractivity contribution in [2.75, 3.05) is 18.0 Å². The van der Waals surface area contributed by atoms with Crippen LogP contribution in [0.2, 0.25) is 0 Å². The molecular weight excluding hydrogens is 258 g/mol. The lowest BCUT2D eigenvalue weighted by atomic mass is 9.78. The van der Waals surface area contributed by atoms with Crippen LogP contribution in [-0.4, -0.2) is 24.1 Å². The van der Waals surface area contributed by atoms with E-state index in [0.29, 0.717) is 0 Å². The molecule has 1 aromatic heterocycles. The summed E-state index contributed by atoms with van der Waals surface area (Å²) in [4.78, 5) is 7.29. The Kier molecular flexibility index (Phi) is 5.13. The highest BCUT2D eigenvalue weighted by Crippen LogP contribution is 2.37. The lowest BCUT2D eigenvalue weighted by Gasteiger charge is -2.44. The van der Waals surface area contributed by atoms with Gasteiger partial charge in [-0.3, -0.25) is 0 Å². The fourth-order valence-electron chi connectivity index (χ4n) is 4.05. The van der Waals surface area contributed by atoms with Gasteiger partial charge >= 0.3 is 0 Å². The number of aromatic nitrogens is 1. The van der Waals surface area contributed by atoms with Crippen LogP contribution in [-0.2, 0) is 6.54 Å². The van der Waals surface area contributed by atoms with E-state index in [1.165, 1.54) is 62.9 Å². The molecule has 1 N–H and O–H groups in total. The van der Waals surface area contributed by atoms with Crippen LogP contribution >= 0.6 is 0 Å². The fourth-order valence-corrected chi connectivity index (χ4v) is 4.05. The van der Waals surface area contributed by atoms with Gasteiger partial charge in [-0.05, 0) is 62.3 Å². The summed E-state index contributed by atoms with van der Waals surface area (Å²) in [7, 11) is 0. The molecule has 2 aliphatic rings. The van der Waals surface area contributed by atoms with Crippen molar-refractivity contribution in [3.63, 3.8) is 0 Å². The maximum Gasteiger partial charge on any atom is 0.129 e. The average Bonchev–Trinajstić information content (AvgIpc) is 2.55. The lowest BCUT2D eigenvalue weighted by molar-refractivity contribution is 0.242. The van der Waals surface area contributed by atoms with Gasteiger partial charge in [-0.15, -0.1) is 0 Å². The standard InChI is InChI=1S/C18H29N3/c1-2-10-19-14-15-9-11-20-18(13-15)21-12-5-7-16-6-3-4-8-17(16)21/h9,11,13,16-17,19H,2-8,10,12,14H2,1H3/t16-,17-/m1/s1. The third-order valence-corrected chi connectivity index (χ3v) is 5.10. The predicted molar refractivity (Wildman–Crippen MR) is 88.6 cm³/mol. The Morgan fingerprint density at radius 1 is 1.24 bits per heavy atom. The van der Waals surface area contributed by atoms with E-state index < -0.39 is 0 Å². The molecule has 0 bridgehead atoms. The first-order valence-electron chi connectivity index (χ1n) is 8.81. The maximum absolute atomic E-state index is 4.68. The van der Waals surface area contributed by atoms with Gasteiger partial charge in [-0.2, -0.15) is 0 Å². The summed E-state index contributed by atoms with van der Waals surface area (Å²) in [5.41, 5.74) is 1.37. The summed E-state index contributed by atoms with van der Waals surface area (Å²) in [6, 6.07) is 5.20. The quantitative estimate of drug-likeness (QED) is 0.836. The van der Waals surface area contributed by atoms with Gasteiger partial charge in [0.25, 0.3) is 0 Å². The molecule has 2 fully saturated rings. The maximum atomic E-state index is 4.68. The molecule has 0 amide bonds. The number of hydrogen-bond acceptors (Lipinski definition) is 3. The van der Waals surface area contributed by atoms with Crippen molar-refractivity contribution >= 4 is 5.82 Å². The molecule has 2 heterocycles. The van der Waals surface area contributed by atoms with E-state index in [2.05, 4.69) is 34.3 Å². The summed E-state index contributed by atoms with van der Waals surface area (Å²) in [5, 5.41) is 3.49. The van der Waals surface area contributed by atoms with Gasteiger partial charge < -0.3 is 10.2 Å². The Hall–Kier alpha value is -1.09. The fraction of sp³-hybridized carbons (Fsp3) is 0.722. The Morgan fingerprint density at radius 3 is 3.00 bits per heavy atom. The lowest BCUT2D eigenvalue weighted by Crippen LogP contribution is -2.47. The van der Waals surface area contributed by atoms with Crippen molar-refractivity contribution in [3.05, 3.63) is 23.9 Å². The molecule has 0 unspecified atom stereocenters. The third kappa shape index (κ3) is 3.57. The summed E-state index contributed by atoms with van der Waals surface area (Å²) in [5.74, 6) is 2.12. The number of nitrogens with one attached hydrogen (secondary N) is 1. The van der Waals surface area contributed by atoms with Crippen LogP contribution in [0.5, 0.6) is 0 Å². The molecule has 1 aliphatic carbocycles. The van der Waals surface area contributed by atoms with Crippen molar-refractivity contribution in [3.8, 4) is 0 Å². The molecule has 0 aromatic carbocycles. The summed E-state index contributed by atoms with van der Waals surface area (Å²) < 4.78 is 0. The molecule has 2 atom stereocenters. The van der Waals surface area contributed by atoms with E-state index in [0.717, 1.165) is 25.0 Å². The number of nitrogens with zero attached hydrogens (tertiary/aromatic N) is 2. The minimum atomic E-state index is 0.749. The molecule has 0 radical (unpaired) electrons. The molecule has 3 rings (SSSR count). The van der Waals surface area contributed by atoms with Crippen LogP contribution in [0.4, 0.5) is 5.82 Å². The summed E-state index contributed by atoms with van der Waals surface area (Å²) in [6.45, 7) is 5.46. The second kappa shape index (κ2) is 7.26. The first kappa shape index (κ1) is 14.8. The second-order valence-corrected chi connectivity index (χ2v) is 6.65. The highest BCUT2D eigenvalue weighted by atomic mass is 15.2. The predicted octanol–water partition coefficient (Wildman–Crippen LogP) is 3.74. The van der Waals surface area contributed by atoms with Gasteiger partial charge in [0, 0.05) is 25.3 Å². The van der Waals surface area contributed by atoms with E-state index >= 15 is 0 Å². The van der Waals surface area contributed by atoms with Gasteiger partial charge in [0.15, 0.2) is 0 Å². The second-order valence-electron chi connectivity index (χ2n) is 6.65. The molecular formula is C18H29N3. The zero-order valence-electron chi connectivity index (χ0n) is 13.4. The summed E-state index contributed by atoms with van der Waals surface area (Å²) in [6.07, 6.45) is 11.6. The van der Waals surface area contributed by atoms with Gasteiger partial charge in [-0.1, -0.05) is 19.8 Å². The summed E-state index contributed by atoms with van der Waals surface area (Å²) >= 11 is 0. The third-order valence-electron chi connectivity index (χ3n) is 5.10. The number of anilines is 1. The van der Waals surface area contributed by atoms with Crippen LogP contribution in [0.3, 0.4) is 0 Å². The Bertz CT molecular complexity index is 444. The highest BCUT2D eigenvalue weighted by molar-refractivity contribution is 5.43. The van der Waals surface area contributed by atoms with E-state index in [9.17, 15) is 0 Å². The van der Waals surface area contributed by atoms with E-state index in [1.54, 1.807) is 0 Å². The van der Waals surface area contributed by atoms with Crippen molar-refractivity contribution in [2.24, 2.45) is 5.92 Å². The smallest absolute Gasteiger partial charge is 0.129 e. The average molecular weight is 287 g/mol. The minimum Gasteiger partial charge on any atom is -0.353 e. The Labute approximate surface area is 129 Å². The van der Waals surface area contributed by atoms with Crippen molar-refractivity contribution in [1.29, 1.82) is 0 Å². The van der Waals surface area contributed by atoms with Crippen molar-refractivity contribution < 1.29 is 0 Å². The molecule has 1 saturated heterocycles. The first-order chi connectivity index (χ1) is 10.4. The minimum absolute atomic E-state index is 0.749. The normalized spacial score (nSPS) is 25.7. The molecule has 21 heavy (non-hydrogen) atoms. The van der Waals surface area contributed by atoms with Crippen LogP contribution < -0.4 is 10.2 Å². The van der Waals surface area contributed by atoms with Gasteiger partial charge in [0.2, 0.25) is 0 Å². The van der Waals surface area contributed by atoms with Crippen LogP contribution in [0.1, 0.15) is 57.4 Å².